The van der Waals surface area contributed by atoms with Crippen LogP contribution in [0, 0.1) is 0 Å². The fraction of sp³-hybridized carbons (Fsp3) is 0.333. The quantitative estimate of drug-likeness (QED) is 0.881. The second kappa shape index (κ2) is 6.63. The Morgan fingerprint density at radius 2 is 1.81 bits per heavy atom. The van der Waals surface area contributed by atoms with Gasteiger partial charge in [-0.25, -0.2) is 4.98 Å². The molecule has 1 heterocycles. The van der Waals surface area contributed by atoms with Gasteiger partial charge in [-0.3, -0.25) is 0 Å². The first kappa shape index (κ1) is 15.4. The first-order valence-electron chi connectivity index (χ1n) is 6.76. The molecule has 1 atom stereocenters. The Labute approximate surface area is 129 Å². The molecule has 1 aromatic heterocycles. The van der Waals surface area contributed by atoms with Crippen LogP contribution >= 0.6 is 11.6 Å². The minimum absolute atomic E-state index is 0.00346. The van der Waals surface area contributed by atoms with Gasteiger partial charge in [0.2, 0.25) is 5.88 Å². The van der Waals surface area contributed by atoms with E-state index in [4.69, 9.17) is 22.1 Å². The second-order valence-electron chi connectivity index (χ2n) is 5.03. The number of nitrogens with zero attached hydrogens (tertiary/aromatic N) is 2. The third kappa shape index (κ3) is 3.98. The van der Waals surface area contributed by atoms with Gasteiger partial charge in [-0.1, -0.05) is 23.7 Å². The number of anilines is 2. The van der Waals surface area contributed by atoms with E-state index in [2.05, 4.69) is 15.3 Å². The Morgan fingerprint density at radius 1 is 1.14 bits per heavy atom. The zero-order chi connectivity index (χ0) is 15.4. The lowest BCUT2D eigenvalue weighted by Crippen LogP contribution is -2.13. The zero-order valence-corrected chi connectivity index (χ0v) is 13.1. The SMILES string of the molecule is CC(C)Oc1ncnc(NC(C)c2ccc(Cl)cc2)c1N. The number of halogens is 1. The van der Waals surface area contributed by atoms with Crippen molar-refractivity contribution in [2.24, 2.45) is 0 Å². The van der Waals surface area contributed by atoms with E-state index in [0.717, 1.165) is 5.56 Å². The van der Waals surface area contributed by atoms with Gasteiger partial charge >= 0.3 is 0 Å². The fourth-order valence-electron chi connectivity index (χ4n) is 1.85. The summed E-state index contributed by atoms with van der Waals surface area (Å²) in [7, 11) is 0. The number of hydrogen-bond donors (Lipinski definition) is 2. The lowest BCUT2D eigenvalue weighted by atomic mass is 10.1. The summed E-state index contributed by atoms with van der Waals surface area (Å²) in [4.78, 5) is 8.23. The molecular weight excluding hydrogens is 288 g/mol. The maximum Gasteiger partial charge on any atom is 0.242 e. The van der Waals surface area contributed by atoms with E-state index in [0.29, 0.717) is 22.4 Å². The summed E-state index contributed by atoms with van der Waals surface area (Å²) in [5.74, 6) is 0.953. The molecule has 0 spiro atoms. The number of hydrogen-bond acceptors (Lipinski definition) is 5. The third-order valence-corrected chi connectivity index (χ3v) is 3.17. The van der Waals surface area contributed by atoms with Gasteiger partial charge in [-0.2, -0.15) is 4.98 Å². The first-order chi connectivity index (χ1) is 9.97. The minimum atomic E-state index is 0.00346. The number of nitrogens with one attached hydrogen (secondary N) is 1. The van der Waals surface area contributed by atoms with Crippen LogP contribution in [0.2, 0.25) is 5.02 Å². The average Bonchev–Trinajstić information content (AvgIpc) is 2.43. The van der Waals surface area contributed by atoms with Crippen LogP contribution in [0.4, 0.5) is 11.5 Å². The highest BCUT2D eigenvalue weighted by Gasteiger charge is 2.13. The van der Waals surface area contributed by atoms with E-state index in [1.54, 1.807) is 0 Å². The molecule has 5 nitrogen and oxygen atoms in total. The molecule has 1 unspecified atom stereocenters. The van der Waals surface area contributed by atoms with Crippen LogP contribution < -0.4 is 15.8 Å². The van der Waals surface area contributed by atoms with Crippen molar-refractivity contribution in [3.8, 4) is 5.88 Å². The summed E-state index contributed by atoms with van der Waals surface area (Å²) in [6, 6.07) is 7.66. The number of nitrogens with two attached hydrogens (primary N) is 1. The predicted molar refractivity (Wildman–Crippen MR) is 85.7 cm³/mol. The van der Waals surface area contributed by atoms with Gasteiger partial charge < -0.3 is 15.8 Å². The molecule has 6 heteroatoms. The van der Waals surface area contributed by atoms with Crippen LogP contribution in [0.15, 0.2) is 30.6 Å². The zero-order valence-electron chi connectivity index (χ0n) is 12.3. The van der Waals surface area contributed by atoms with E-state index in [1.807, 2.05) is 45.0 Å². The van der Waals surface area contributed by atoms with Gasteiger partial charge in [-0.05, 0) is 38.5 Å². The first-order valence-corrected chi connectivity index (χ1v) is 7.14. The van der Waals surface area contributed by atoms with E-state index in [9.17, 15) is 0 Å². The summed E-state index contributed by atoms with van der Waals surface area (Å²) >= 11 is 5.89. The standard InChI is InChI=1S/C15H19ClN4O/c1-9(2)21-15-13(17)14(18-8-19-15)20-10(3)11-4-6-12(16)7-5-11/h4-10H,17H2,1-3H3,(H,18,19,20). The van der Waals surface area contributed by atoms with Crippen molar-refractivity contribution in [1.82, 2.24) is 9.97 Å². The summed E-state index contributed by atoms with van der Waals surface area (Å²) in [6.45, 7) is 5.86. The molecule has 0 radical (unpaired) electrons. The van der Waals surface area contributed by atoms with Crippen molar-refractivity contribution in [2.75, 3.05) is 11.1 Å². The highest BCUT2D eigenvalue weighted by molar-refractivity contribution is 6.30. The molecule has 0 aliphatic rings. The van der Waals surface area contributed by atoms with Crippen molar-refractivity contribution in [3.05, 3.63) is 41.2 Å². The van der Waals surface area contributed by atoms with E-state index >= 15 is 0 Å². The third-order valence-electron chi connectivity index (χ3n) is 2.92. The average molecular weight is 307 g/mol. The topological polar surface area (TPSA) is 73.1 Å². The van der Waals surface area contributed by atoms with Crippen LogP contribution in [0.1, 0.15) is 32.4 Å². The van der Waals surface area contributed by atoms with E-state index in [-0.39, 0.29) is 12.1 Å². The highest BCUT2D eigenvalue weighted by atomic mass is 35.5. The van der Waals surface area contributed by atoms with Crippen LogP contribution in [-0.2, 0) is 0 Å². The van der Waals surface area contributed by atoms with E-state index in [1.165, 1.54) is 6.33 Å². The van der Waals surface area contributed by atoms with Crippen molar-refractivity contribution in [2.45, 2.75) is 32.9 Å². The largest absolute Gasteiger partial charge is 0.473 e. The van der Waals surface area contributed by atoms with Gasteiger partial charge in [0.25, 0.3) is 0 Å². The van der Waals surface area contributed by atoms with Crippen molar-refractivity contribution in [3.63, 3.8) is 0 Å². The maximum absolute atomic E-state index is 6.05. The molecule has 21 heavy (non-hydrogen) atoms. The fourth-order valence-corrected chi connectivity index (χ4v) is 1.98. The van der Waals surface area contributed by atoms with E-state index < -0.39 is 0 Å². The second-order valence-corrected chi connectivity index (χ2v) is 5.46. The highest BCUT2D eigenvalue weighted by Crippen LogP contribution is 2.28. The molecular formula is C15H19ClN4O. The van der Waals surface area contributed by atoms with Gasteiger partial charge in [0.05, 0.1) is 12.1 Å². The molecule has 0 saturated heterocycles. The Bertz CT molecular complexity index is 601. The van der Waals surface area contributed by atoms with Crippen molar-refractivity contribution in [1.29, 1.82) is 0 Å². The number of rotatable bonds is 5. The number of benzene rings is 1. The molecule has 0 fully saturated rings. The Morgan fingerprint density at radius 3 is 2.43 bits per heavy atom. The summed E-state index contributed by atoms with van der Waals surface area (Å²) in [5.41, 5.74) is 7.54. The molecule has 1 aromatic carbocycles. The van der Waals surface area contributed by atoms with Crippen LogP contribution in [0.3, 0.4) is 0 Å². The lowest BCUT2D eigenvalue weighted by Gasteiger charge is -2.18. The molecule has 0 saturated carbocycles. The van der Waals surface area contributed by atoms with Crippen LogP contribution in [-0.4, -0.2) is 16.1 Å². The summed E-state index contributed by atoms with van der Waals surface area (Å²) in [6.07, 6.45) is 1.44. The van der Waals surface area contributed by atoms with Gasteiger partial charge in [0.1, 0.15) is 12.0 Å². The molecule has 0 bridgehead atoms. The number of nitrogen functional groups attached to an aromatic ring is 1. The van der Waals surface area contributed by atoms with Gasteiger partial charge in [0.15, 0.2) is 5.82 Å². The molecule has 2 rings (SSSR count). The van der Waals surface area contributed by atoms with Crippen LogP contribution in [0.5, 0.6) is 5.88 Å². The van der Waals surface area contributed by atoms with Gasteiger partial charge in [0, 0.05) is 5.02 Å². The Balaban J connectivity index is 2.17. The Hall–Kier alpha value is -2.01. The maximum atomic E-state index is 6.05. The number of ether oxygens (including phenoxy) is 1. The lowest BCUT2D eigenvalue weighted by molar-refractivity contribution is 0.234. The van der Waals surface area contributed by atoms with Crippen molar-refractivity contribution >= 4 is 23.1 Å². The summed E-state index contributed by atoms with van der Waals surface area (Å²) in [5, 5.41) is 3.97. The molecule has 0 aliphatic carbocycles. The smallest absolute Gasteiger partial charge is 0.242 e. The monoisotopic (exact) mass is 306 g/mol. The van der Waals surface area contributed by atoms with Gasteiger partial charge in [-0.15, -0.1) is 0 Å². The molecule has 0 aliphatic heterocycles. The number of aromatic nitrogens is 2. The molecule has 3 N–H and O–H groups in total. The predicted octanol–water partition coefficient (Wildman–Crippen LogP) is 3.67. The molecule has 2 aromatic rings. The Kier molecular flexibility index (Phi) is 4.85. The normalized spacial score (nSPS) is 12.2. The molecule has 0 amide bonds. The molecule has 112 valence electrons. The van der Waals surface area contributed by atoms with Crippen molar-refractivity contribution < 1.29 is 4.74 Å². The summed E-state index contributed by atoms with van der Waals surface area (Å²) < 4.78 is 5.56. The van der Waals surface area contributed by atoms with Crippen LogP contribution in [0.25, 0.3) is 0 Å². The minimum Gasteiger partial charge on any atom is -0.473 e.